The van der Waals surface area contributed by atoms with Crippen molar-refractivity contribution >= 4 is 23.9 Å². The average molecular weight is 553 g/mol. The minimum absolute atomic E-state index is 0.135. The van der Waals surface area contributed by atoms with Gasteiger partial charge in [0.2, 0.25) is 0 Å². The van der Waals surface area contributed by atoms with E-state index in [9.17, 15) is 29.4 Å². The van der Waals surface area contributed by atoms with E-state index in [0.29, 0.717) is 38.5 Å². The molecule has 11 atom stereocenters. The van der Waals surface area contributed by atoms with Gasteiger partial charge >= 0.3 is 23.9 Å². The van der Waals surface area contributed by atoms with E-state index in [-0.39, 0.29) is 35.7 Å². The molecular weight excluding hydrogens is 508 g/mol. The van der Waals surface area contributed by atoms with Crippen molar-refractivity contribution < 1.29 is 48.3 Å². The summed E-state index contributed by atoms with van der Waals surface area (Å²) in [6, 6.07) is 0. The molecule has 2 N–H and O–H groups in total. The summed E-state index contributed by atoms with van der Waals surface area (Å²) in [7, 11) is 0. The summed E-state index contributed by atoms with van der Waals surface area (Å²) >= 11 is 0. The van der Waals surface area contributed by atoms with E-state index in [4.69, 9.17) is 18.9 Å². The molecule has 0 amide bonds. The molecule has 0 saturated heterocycles. The zero-order chi connectivity index (χ0) is 28.9. The van der Waals surface area contributed by atoms with Gasteiger partial charge < -0.3 is 29.2 Å². The Morgan fingerprint density at radius 2 is 1.56 bits per heavy atom. The molecule has 4 saturated carbocycles. The van der Waals surface area contributed by atoms with Crippen molar-refractivity contribution in [3.8, 4) is 0 Å². The molecule has 0 aromatic rings. The van der Waals surface area contributed by atoms with E-state index in [1.165, 1.54) is 20.8 Å². The molecule has 4 aliphatic carbocycles. The van der Waals surface area contributed by atoms with Gasteiger partial charge in [0.05, 0.1) is 5.60 Å². The highest BCUT2D eigenvalue weighted by atomic mass is 16.6. The van der Waals surface area contributed by atoms with E-state index in [0.717, 1.165) is 6.42 Å². The fraction of sp³-hybridized carbons (Fsp3) is 0.862. The first-order valence-corrected chi connectivity index (χ1v) is 14.2. The van der Waals surface area contributed by atoms with Crippen LogP contribution in [0.2, 0.25) is 0 Å². The maximum atomic E-state index is 12.7. The van der Waals surface area contributed by atoms with Crippen molar-refractivity contribution in [1.82, 2.24) is 0 Å². The van der Waals surface area contributed by atoms with Gasteiger partial charge in [-0.15, -0.1) is 0 Å². The Bertz CT molecular complexity index is 997. The maximum Gasteiger partial charge on any atom is 0.332 e. The summed E-state index contributed by atoms with van der Waals surface area (Å²) in [6.07, 6.45) is 1.68. The second kappa shape index (κ2) is 10.7. The smallest absolute Gasteiger partial charge is 0.332 e. The van der Waals surface area contributed by atoms with Gasteiger partial charge in [0.1, 0.15) is 31.0 Å². The lowest BCUT2D eigenvalue weighted by Crippen LogP contribution is -2.73. The van der Waals surface area contributed by atoms with E-state index in [1.807, 2.05) is 6.92 Å². The Balaban J connectivity index is 1.83. The SMILES string of the molecule is CC(=O)OC1CCC2(C)C(CCC3C2C(OC(=O)CO)C(OC(C)=O)C2(C)C(C(C)OC(C)=O)CCC32O)C1. The number of aliphatic hydroxyl groups is 2. The Morgan fingerprint density at radius 3 is 2.15 bits per heavy atom. The van der Waals surface area contributed by atoms with Gasteiger partial charge in [-0.3, -0.25) is 14.4 Å². The number of rotatable bonds is 6. The zero-order valence-electron chi connectivity index (χ0n) is 23.9. The first-order valence-electron chi connectivity index (χ1n) is 14.2. The van der Waals surface area contributed by atoms with Crippen LogP contribution in [-0.4, -0.2) is 70.7 Å². The normalized spacial score (nSPS) is 43.6. The van der Waals surface area contributed by atoms with Gasteiger partial charge in [-0.05, 0) is 69.1 Å². The Labute approximate surface area is 230 Å². The largest absolute Gasteiger partial charge is 0.463 e. The van der Waals surface area contributed by atoms with Crippen molar-refractivity contribution in [2.75, 3.05) is 6.61 Å². The van der Waals surface area contributed by atoms with Gasteiger partial charge in [0, 0.05) is 38.0 Å². The molecule has 0 aromatic heterocycles. The summed E-state index contributed by atoms with van der Waals surface area (Å²) in [5, 5.41) is 22.3. The highest BCUT2D eigenvalue weighted by molar-refractivity contribution is 5.71. The van der Waals surface area contributed by atoms with Gasteiger partial charge in [0.15, 0.2) is 0 Å². The molecule has 0 heterocycles. The number of hydrogen-bond acceptors (Lipinski definition) is 10. The van der Waals surface area contributed by atoms with Crippen molar-refractivity contribution in [2.24, 2.45) is 34.5 Å². The van der Waals surface area contributed by atoms with Crippen LogP contribution in [-0.2, 0) is 38.1 Å². The van der Waals surface area contributed by atoms with Crippen molar-refractivity contribution in [3.63, 3.8) is 0 Å². The van der Waals surface area contributed by atoms with Crippen LogP contribution >= 0.6 is 0 Å². The lowest BCUT2D eigenvalue weighted by molar-refractivity contribution is -0.297. The second-order valence-corrected chi connectivity index (χ2v) is 12.7. The second-order valence-electron chi connectivity index (χ2n) is 12.7. The van der Waals surface area contributed by atoms with Crippen LogP contribution in [0, 0.1) is 34.5 Å². The number of fused-ring (bicyclic) bond motifs is 5. The van der Waals surface area contributed by atoms with E-state index in [1.54, 1.807) is 6.92 Å². The molecule has 220 valence electrons. The lowest BCUT2D eigenvalue weighted by atomic mass is 9.41. The summed E-state index contributed by atoms with van der Waals surface area (Å²) in [5.41, 5.74) is -2.78. The van der Waals surface area contributed by atoms with E-state index in [2.05, 4.69) is 6.92 Å². The third kappa shape index (κ3) is 4.85. The van der Waals surface area contributed by atoms with Crippen LogP contribution in [0.5, 0.6) is 0 Å². The Kier molecular flexibility index (Phi) is 8.13. The van der Waals surface area contributed by atoms with Gasteiger partial charge in [0.25, 0.3) is 0 Å². The average Bonchev–Trinajstić information content (AvgIpc) is 3.12. The molecule has 10 heteroatoms. The summed E-state index contributed by atoms with van der Waals surface area (Å²) in [6.45, 7) is 8.98. The molecule has 10 nitrogen and oxygen atoms in total. The topological polar surface area (TPSA) is 146 Å². The Hall–Kier alpha value is -2.20. The fourth-order valence-corrected chi connectivity index (χ4v) is 9.36. The fourth-order valence-electron chi connectivity index (χ4n) is 9.36. The molecule has 0 spiro atoms. The van der Waals surface area contributed by atoms with E-state index >= 15 is 0 Å². The monoisotopic (exact) mass is 552 g/mol. The lowest BCUT2D eigenvalue weighted by Gasteiger charge is -2.67. The maximum absolute atomic E-state index is 12.7. The minimum Gasteiger partial charge on any atom is -0.463 e. The quantitative estimate of drug-likeness (QED) is 0.372. The van der Waals surface area contributed by atoms with Crippen LogP contribution in [0.25, 0.3) is 0 Å². The van der Waals surface area contributed by atoms with Crippen LogP contribution in [0.1, 0.15) is 86.5 Å². The van der Waals surface area contributed by atoms with Gasteiger partial charge in [-0.1, -0.05) is 13.8 Å². The summed E-state index contributed by atoms with van der Waals surface area (Å²) in [4.78, 5) is 48.8. The summed E-state index contributed by atoms with van der Waals surface area (Å²) in [5.74, 6) is -3.04. The van der Waals surface area contributed by atoms with Gasteiger partial charge in [-0.25, -0.2) is 4.79 Å². The number of carbonyl (C=O) groups excluding carboxylic acids is 4. The van der Waals surface area contributed by atoms with Gasteiger partial charge in [-0.2, -0.15) is 0 Å². The molecule has 4 fully saturated rings. The molecule has 4 aliphatic rings. The van der Waals surface area contributed by atoms with E-state index < -0.39 is 59.3 Å². The third-order valence-corrected chi connectivity index (χ3v) is 10.8. The van der Waals surface area contributed by atoms with Crippen molar-refractivity contribution in [3.05, 3.63) is 0 Å². The predicted octanol–water partition coefficient (Wildman–Crippen LogP) is 2.70. The van der Waals surface area contributed by atoms with Crippen molar-refractivity contribution in [2.45, 2.75) is 117 Å². The molecule has 4 rings (SSSR count). The zero-order valence-corrected chi connectivity index (χ0v) is 23.9. The highest BCUT2D eigenvalue weighted by Gasteiger charge is 2.76. The minimum atomic E-state index is -1.28. The molecule has 11 unspecified atom stereocenters. The highest BCUT2D eigenvalue weighted by Crippen LogP contribution is 2.70. The number of aliphatic hydroxyl groups excluding tert-OH is 1. The molecule has 39 heavy (non-hydrogen) atoms. The number of esters is 4. The predicted molar refractivity (Wildman–Crippen MR) is 137 cm³/mol. The molecule has 0 aromatic carbocycles. The molecule has 0 aliphatic heterocycles. The first kappa shape index (κ1) is 29.8. The standard InChI is InChI=1S/C29H44O10/c1-15(36-16(2)31)21-10-12-29(35)22-8-7-19-13-20(37-17(3)32)9-11-27(19,5)24(22)25(39-23(34)14-30)26(28(21,29)6)38-18(4)33/h15,19-22,24-26,30,35H,7-14H2,1-6H3. The molecular formula is C29H44O10. The van der Waals surface area contributed by atoms with Crippen molar-refractivity contribution in [1.29, 1.82) is 0 Å². The summed E-state index contributed by atoms with van der Waals surface area (Å²) < 4.78 is 23.1. The molecule has 0 radical (unpaired) electrons. The Morgan fingerprint density at radius 1 is 0.897 bits per heavy atom. The van der Waals surface area contributed by atoms with Crippen LogP contribution in [0.4, 0.5) is 0 Å². The van der Waals surface area contributed by atoms with Crippen LogP contribution in [0.3, 0.4) is 0 Å². The number of ether oxygens (including phenoxy) is 4. The van der Waals surface area contributed by atoms with Crippen LogP contribution in [0.15, 0.2) is 0 Å². The number of hydrogen-bond donors (Lipinski definition) is 2. The van der Waals surface area contributed by atoms with Crippen LogP contribution < -0.4 is 0 Å². The molecule has 0 bridgehead atoms. The third-order valence-electron chi connectivity index (χ3n) is 10.8. The number of carbonyl (C=O) groups is 4. The first-order chi connectivity index (χ1) is 18.2.